The number of benzene rings is 2. The Hall–Kier alpha value is -4.14. The van der Waals surface area contributed by atoms with Crippen LogP contribution in [0.5, 0.6) is 0 Å². The summed E-state index contributed by atoms with van der Waals surface area (Å²) >= 11 is 0. The standard InChI is InChI=1S/C34H46N4O5/c1-3-5-6-10-16-26(22-31(35)39)38(21-4-2)34(43)29(18-13-20-32(40)41)36-33(42)28-24-37(23-25-14-8-7-9-15-25)30-19-12-11-17-27(28)30/h7-9,11-12,14-15,17,19,24,26,29H,3-6,10,13,16,18,20-23H2,1-2H3,(H2,35,39)(H,36,42)(H,40,41)/t26-,29-/m0/s1. The number of unbranched alkanes of at least 4 members (excludes halogenated alkanes) is 3. The summed E-state index contributed by atoms with van der Waals surface area (Å²) in [6, 6.07) is 16.3. The highest BCUT2D eigenvalue weighted by molar-refractivity contribution is 6.08. The molecule has 0 radical (unpaired) electrons. The van der Waals surface area contributed by atoms with Gasteiger partial charge in [0.15, 0.2) is 0 Å². The molecule has 1 aromatic heterocycles. The van der Waals surface area contributed by atoms with Crippen LogP contribution >= 0.6 is 0 Å². The minimum Gasteiger partial charge on any atom is -0.481 e. The lowest BCUT2D eigenvalue weighted by Gasteiger charge is -2.34. The fraction of sp³-hybridized carbons (Fsp3) is 0.471. The smallest absolute Gasteiger partial charge is 0.303 e. The van der Waals surface area contributed by atoms with Gasteiger partial charge in [-0.25, -0.2) is 0 Å². The second kappa shape index (κ2) is 17.1. The van der Waals surface area contributed by atoms with Crippen LogP contribution in [-0.4, -0.2) is 56.9 Å². The number of rotatable bonds is 19. The number of aliphatic carboxylic acids is 1. The highest BCUT2D eigenvalue weighted by Gasteiger charge is 2.32. The number of hydrogen-bond donors (Lipinski definition) is 3. The van der Waals surface area contributed by atoms with E-state index in [1.807, 2.05) is 66.1 Å². The number of fused-ring (bicyclic) bond motifs is 1. The average molecular weight is 591 g/mol. The number of nitrogens with one attached hydrogen (secondary N) is 1. The number of primary amides is 1. The maximum Gasteiger partial charge on any atom is 0.303 e. The highest BCUT2D eigenvalue weighted by Crippen LogP contribution is 2.24. The summed E-state index contributed by atoms with van der Waals surface area (Å²) in [5.41, 5.74) is 8.03. The van der Waals surface area contributed by atoms with Crippen LogP contribution in [0.3, 0.4) is 0 Å². The van der Waals surface area contributed by atoms with Crippen LogP contribution in [0.1, 0.15) is 94.0 Å². The normalized spacial score (nSPS) is 12.5. The van der Waals surface area contributed by atoms with Crippen LogP contribution in [0.4, 0.5) is 0 Å². The van der Waals surface area contributed by atoms with Crippen LogP contribution in [0.2, 0.25) is 0 Å². The molecule has 1 heterocycles. The second-order valence-corrected chi connectivity index (χ2v) is 11.2. The van der Waals surface area contributed by atoms with Gasteiger partial charge >= 0.3 is 5.97 Å². The molecule has 0 saturated heterocycles. The van der Waals surface area contributed by atoms with E-state index in [-0.39, 0.29) is 37.6 Å². The number of hydrogen-bond acceptors (Lipinski definition) is 4. The van der Waals surface area contributed by atoms with Crippen molar-refractivity contribution in [2.75, 3.05) is 6.54 Å². The molecule has 0 aliphatic rings. The topological polar surface area (TPSA) is 135 Å². The predicted molar refractivity (Wildman–Crippen MR) is 169 cm³/mol. The molecule has 0 aliphatic carbocycles. The van der Waals surface area contributed by atoms with E-state index in [2.05, 4.69) is 12.2 Å². The molecule has 0 spiro atoms. The molecule has 0 fully saturated rings. The fourth-order valence-electron chi connectivity index (χ4n) is 5.61. The van der Waals surface area contributed by atoms with Crippen LogP contribution < -0.4 is 11.1 Å². The summed E-state index contributed by atoms with van der Waals surface area (Å²) in [6.45, 7) is 5.06. The Labute approximate surface area is 254 Å². The Kier molecular flexibility index (Phi) is 13.3. The molecule has 3 aromatic rings. The van der Waals surface area contributed by atoms with Crippen molar-refractivity contribution in [3.05, 3.63) is 71.9 Å². The number of carboxylic acids is 1. The summed E-state index contributed by atoms with van der Waals surface area (Å²) in [5, 5.41) is 13.0. The monoisotopic (exact) mass is 590 g/mol. The third-order valence-corrected chi connectivity index (χ3v) is 7.73. The van der Waals surface area contributed by atoms with Crippen LogP contribution in [0.25, 0.3) is 10.9 Å². The Morgan fingerprint density at radius 1 is 0.907 bits per heavy atom. The first kappa shape index (κ1) is 33.4. The number of aromatic nitrogens is 1. The van der Waals surface area contributed by atoms with E-state index in [4.69, 9.17) is 5.73 Å². The van der Waals surface area contributed by atoms with Crippen molar-refractivity contribution in [2.24, 2.45) is 5.73 Å². The van der Waals surface area contributed by atoms with Crippen molar-refractivity contribution in [1.29, 1.82) is 0 Å². The molecule has 0 saturated carbocycles. The van der Waals surface area contributed by atoms with Crippen molar-refractivity contribution in [2.45, 2.75) is 96.7 Å². The van der Waals surface area contributed by atoms with Gasteiger partial charge in [-0.1, -0.05) is 88.1 Å². The first-order valence-electron chi connectivity index (χ1n) is 15.5. The van der Waals surface area contributed by atoms with Crippen molar-refractivity contribution in [3.8, 4) is 0 Å². The maximum absolute atomic E-state index is 14.1. The van der Waals surface area contributed by atoms with Crippen LogP contribution in [0, 0.1) is 0 Å². The van der Waals surface area contributed by atoms with E-state index >= 15 is 0 Å². The third kappa shape index (κ3) is 9.98. The van der Waals surface area contributed by atoms with Crippen molar-refractivity contribution >= 4 is 34.6 Å². The number of carbonyl (C=O) groups excluding carboxylic acids is 3. The number of carbonyl (C=O) groups is 4. The lowest BCUT2D eigenvalue weighted by Crippen LogP contribution is -2.53. The van der Waals surface area contributed by atoms with Gasteiger partial charge in [0.1, 0.15) is 6.04 Å². The molecule has 232 valence electrons. The lowest BCUT2D eigenvalue weighted by atomic mass is 10.00. The molecule has 0 unspecified atom stereocenters. The molecule has 9 nitrogen and oxygen atoms in total. The maximum atomic E-state index is 14.1. The Bertz CT molecular complexity index is 1350. The Balaban J connectivity index is 1.90. The van der Waals surface area contributed by atoms with Crippen LogP contribution in [-0.2, 0) is 20.9 Å². The lowest BCUT2D eigenvalue weighted by molar-refractivity contribution is -0.139. The Morgan fingerprint density at radius 3 is 2.30 bits per heavy atom. The SMILES string of the molecule is CCCCCC[C@@H](CC(N)=O)N(CCC)C(=O)[C@H](CCCC(=O)O)NC(=O)c1cn(Cc2ccccc2)c2ccccc12. The number of carboxylic acid groups (broad SMARTS) is 1. The van der Waals surface area contributed by atoms with E-state index in [0.29, 0.717) is 31.5 Å². The minimum atomic E-state index is -0.963. The van der Waals surface area contributed by atoms with E-state index in [0.717, 1.165) is 42.1 Å². The summed E-state index contributed by atoms with van der Waals surface area (Å²) in [5.74, 6) is -2.15. The number of amides is 3. The number of para-hydroxylation sites is 1. The zero-order chi connectivity index (χ0) is 31.2. The Morgan fingerprint density at radius 2 is 1.63 bits per heavy atom. The third-order valence-electron chi connectivity index (χ3n) is 7.73. The molecular weight excluding hydrogens is 544 g/mol. The quantitative estimate of drug-likeness (QED) is 0.159. The van der Waals surface area contributed by atoms with E-state index < -0.39 is 23.8 Å². The zero-order valence-electron chi connectivity index (χ0n) is 25.5. The van der Waals surface area contributed by atoms with E-state index in [9.17, 15) is 24.3 Å². The van der Waals surface area contributed by atoms with Gasteiger partial charge in [0.05, 0.1) is 5.56 Å². The van der Waals surface area contributed by atoms with Gasteiger partial charge in [-0.2, -0.15) is 0 Å². The molecule has 0 aliphatic heterocycles. The molecule has 9 heteroatoms. The van der Waals surface area contributed by atoms with Crippen LogP contribution in [0.15, 0.2) is 60.8 Å². The molecule has 3 amide bonds. The molecule has 2 atom stereocenters. The summed E-state index contributed by atoms with van der Waals surface area (Å²) in [6.07, 6.45) is 7.40. The van der Waals surface area contributed by atoms with Gasteiger partial charge in [-0.3, -0.25) is 19.2 Å². The van der Waals surface area contributed by atoms with Gasteiger partial charge in [-0.05, 0) is 37.3 Å². The number of nitrogens with two attached hydrogens (primary N) is 1. The van der Waals surface area contributed by atoms with Gasteiger partial charge in [0, 0.05) is 49.1 Å². The molecule has 3 rings (SSSR count). The average Bonchev–Trinajstić information content (AvgIpc) is 3.35. The van der Waals surface area contributed by atoms with Gasteiger partial charge < -0.3 is 25.6 Å². The molecule has 4 N–H and O–H groups in total. The zero-order valence-corrected chi connectivity index (χ0v) is 25.5. The van der Waals surface area contributed by atoms with E-state index in [1.165, 1.54) is 0 Å². The van der Waals surface area contributed by atoms with E-state index in [1.54, 1.807) is 11.1 Å². The molecule has 43 heavy (non-hydrogen) atoms. The largest absolute Gasteiger partial charge is 0.481 e. The fourth-order valence-corrected chi connectivity index (χ4v) is 5.61. The predicted octanol–water partition coefficient (Wildman–Crippen LogP) is 5.50. The molecular formula is C34H46N4O5. The van der Waals surface area contributed by atoms with Crippen molar-refractivity contribution in [1.82, 2.24) is 14.8 Å². The first-order valence-corrected chi connectivity index (χ1v) is 15.5. The molecule has 0 bridgehead atoms. The van der Waals surface area contributed by atoms with Crippen molar-refractivity contribution < 1.29 is 24.3 Å². The number of nitrogens with zero attached hydrogens (tertiary/aromatic N) is 2. The second-order valence-electron chi connectivity index (χ2n) is 11.2. The highest BCUT2D eigenvalue weighted by atomic mass is 16.4. The summed E-state index contributed by atoms with van der Waals surface area (Å²) < 4.78 is 2.02. The molecule has 2 aromatic carbocycles. The first-order chi connectivity index (χ1) is 20.7. The van der Waals surface area contributed by atoms with Crippen molar-refractivity contribution in [3.63, 3.8) is 0 Å². The minimum absolute atomic E-state index is 0.0423. The summed E-state index contributed by atoms with van der Waals surface area (Å²) in [7, 11) is 0. The van der Waals surface area contributed by atoms with Gasteiger partial charge in [0.25, 0.3) is 5.91 Å². The van der Waals surface area contributed by atoms with Gasteiger partial charge in [-0.15, -0.1) is 0 Å². The van der Waals surface area contributed by atoms with Gasteiger partial charge in [0.2, 0.25) is 11.8 Å². The summed E-state index contributed by atoms with van der Waals surface area (Å²) in [4.78, 5) is 52.9.